The average Bonchev–Trinajstić information content (AvgIpc) is 3.05. The lowest BCUT2D eigenvalue weighted by Crippen LogP contribution is -2.09. The molecule has 1 N–H and O–H groups in total. The van der Waals surface area contributed by atoms with E-state index < -0.39 is 12.1 Å². The second-order valence-corrected chi connectivity index (χ2v) is 5.60. The molecule has 128 valence electrons. The number of phenolic OH excluding ortho intramolecular Hbond substituents is 1. The van der Waals surface area contributed by atoms with Crippen molar-refractivity contribution >= 4 is 17.6 Å². The fourth-order valence-corrected chi connectivity index (χ4v) is 2.23. The summed E-state index contributed by atoms with van der Waals surface area (Å²) in [6.45, 7) is 1.55. The molecule has 1 aromatic heterocycles. The van der Waals surface area contributed by atoms with E-state index in [1.807, 2.05) is 0 Å². The van der Waals surface area contributed by atoms with Crippen LogP contribution in [0, 0.1) is 5.82 Å². The van der Waals surface area contributed by atoms with Gasteiger partial charge in [-0.3, -0.25) is 0 Å². The van der Waals surface area contributed by atoms with Gasteiger partial charge in [-0.2, -0.15) is 0 Å². The van der Waals surface area contributed by atoms with Crippen LogP contribution < -0.4 is 0 Å². The first-order valence-corrected chi connectivity index (χ1v) is 7.60. The minimum Gasteiger partial charge on any atom is -0.507 e. The lowest BCUT2D eigenvalue weighted by molar-refractivity contribution is 0.0277. The fraction of sp³-hybridized carbons (Fsp3) is 0.118. The summed E-state index contributed by atoms with van der Waals surface area (Å²) in [5, 5.41) is 17.7. The zero-order valence-electron chi connectivity index (χ0n) is 12.9. The standard InChI is InChI=1S/C17H12ClFN2O4/c1-9(24-17(23)13-7-4-11(18)8-14(13)22)15-20-21-16(25-15)10-2-5-12(19)6-3-10/h2-9,22H,1H3/t9-/m1/s1. The summed E-state index contributed by atoms with van der Waals surface area (Å²) in [6, 6.07) is 9.58. The van der Waals surface area contributed by atoms with Crippen molar-refractivity contribution in [2.45, 2.75) is 13.0 Å². The van der Waals surface area contributed by atoms with Crippen LogP contribution in [0.5, 0.6) is 5.75 Å². The number of benzene rings is 2. The number of carbonyl (C=O) groups is 1. The fourth-order valence-electron chi connectivity index (χ4n) is 2.06. The van der Waals surface area contributed by atoms with Gasteiger partial charge in [0.2, 0.25) is 5.89 Å². The number of carbonyl (C=O) groups excluding carboxylic acids is 1. The first kappa shape index (κ1) is 16.9. The Morgan fingerprint density at radius 1 is 1.24 bits per heavy atom. The maximum atomic E-state index is 12.9. The molecule has 0 amide bonds. The third kappa shape index (κ3) is 3.77. The van der Waals surface area contributed by atoms with E-state index in [1.165, 1.54) is 42.5 Å². The van der Waals surface area contributed by atoms with Gasteiger partial charge in [0.05, 0.1) is 0 Å². The van der Waals surface area contributed by atoms with Crippen molar-refractivity contribution in [2.75, 3.05) is 0 Å². The van der Waals surface area contributed by atoms with Crippen molar-refractivity contribution in [3.63, 3.8) is 0 Å². The first-order valence-electron chi connectivity index (χ1n) is 7.23. The molecule has 0 bridgehead atoms. The molecule has 3 rings (SSSR count). The van der Waals surface area contributed by atoms with Crippen LogP contribution in [0.15, 0.2) is 46.9 Å². The van der Waals surface area contributed by atoms with E-state index in [0.717, 1.165) is 0 Å². The highest BCUT2D eigenvalue weighted by atomic mass is 35.5. The Bertz CT molecular complexity index is 911. The highest BCUT2D eigenvalue weighted by Crippen LogP contribution is 2.26. The third-order valence-electron chi connectivity index (χ3n) is 3.34. The van der Waals surface area contributed by atoms with Crippen LogP contribution in [0.1, 0.15) is 29.3 Å². The molecule has 0 saturated heterocycles. The van der Waals surface area contributed by atoms with Gasteiger partial charge in [-0.15, -0.1) is 10.2 Å². The number of esters is 1. The van der Waals surface area contributed by atoms with Crippen molar-refractivity contribution in [1.29, 1.82) is 0 Å². The van der Waals surface area contributed by atoms with Gasteiger partial charge in [-0.25, -0.2) is 9.18 Å². The van der Waals surface area contributed by atoms with Crippen LogP contribution in [-0.4, -0.2) is 21.3 Å². The molecular weight excluding hydrogens is 351 g/mol. The summed E-state index contributed by atoms with van der Waals surface area (Å²) in [6.07, 6.45) is -0.843. The molecule has 0 unspecified atom stereocenters. The normalized spacial score (nSPS) is 12.0. The molecule has 2 aromatic carbocycles. The summed E-state index contributed by atoms with van der Waals surface area (Å²) >= 11 is 5.73. The molecule has 0 spiro atoms. The molecular formula is C17H12ClFN2O4. The Labute approximate surface area is 146 Å². The smallest absolute Gasteiger partial charge is 0.342 e. The van der Waals surface area contributed by atoms with E-state index >= 15 is 0 Å². The van der Waals surface area contributed by atoms with Crippen LogP contribution >= 0.6 is 11.6 Å². The molecule has 0 saturated carbocycles. The monoisotopic (exact) mass is 362 g/mol. The van der Waals surface area contributed by atoms with E-state index in [9.17, 15) is 14.3 Å². The molecule has 3 aromatic rings. The van der Waals surface area contributed by atoms with E-state index in [1.54, 1.807) is 6.92 Å². The Morgan fingerprint density at radius 2 is 1.96 bits per heavy atom. The first-order chi connectivity index (χ1) is 11.9. The van der Waals surface area contributed by atoms with Crippen molar-refractivity contribution in [2.24, 2.45) is 0 Å². The maximum absolute atomic E-state index is 12.9. The van der Waals surface area contributed by atoms with Gasteiger partial charge in [0.1, 0.15) is 17.1 Å². The third-order valence-corrected chi connectivity index (χ3v) is 3.58. The molecule has 8 heteroatoms. The summed E-state index contributed by atoms with van der Waals surface area (Å²) < 4.78 is 23.6. The highest BCUT2D eigenvalue weighted by molar-refractivity contribution is 6.30. The summed E-state index contributed by atoms with van der Waals surface area (Å²) in [5.74, 6) is -1.19. The SMILES string of the molecule is C[C@@H](OC(=O)c1ccc(Cl)cc1O)c1nnc(-c2ccc(F)cc2)o1. The molecule has 0 aliphatic heterocycles. The number of ether oxygens (including phenoxy) is 1. The Balaban J connectivity index is 1.74. The second kappa shape index (κ2) is 6.90. The van der Waals surface area contributed by atoms with Crippen molar-refractivity contribution < 1.29 is 23.4 Å². The Hall–Kier alpha value is -2.93. The lowest BCUT2D eigenvalue weighted by Gasteiger charge is -2.10. The number of nitrogens with zero attached hydrogens (tertiary/aromatic N) is 2. The Kier molecular flexibility index (Phi) is 4.67. The number of rotatable bonds is 4. The lowest BCUT2D eigenvalue weighted by atomic mass is 10.2. The molecule has 0 radical (unpaired) electrons. The van der Waals surface area contributed by atoms with Crippen molar-refractivity contribution in [3.8, 4) is 17.2 Å². The number of aromatic hydroxyl groups is 1. The van der Waals surface area contributed by atoms with Gasteiger partial charge in [-0.1, -0.05) is 11.6 Å². The van der Waals surface area contributed by atoms with Crippen LogP contribution in [0.2, 0.25) is 5.02 Å². The predicted molar refractivity (Wildman–Crippen MR) is 86.6 cm³/mol. The zero-order valence-corrected chi connectivity index (χ0v) is 13.7. The molecule has 25 heavy (non-hydrogen) atoms. The van der Waals surface area contributed by atoms with Gasteiger partial charge in [-0.05, 0) is 49.4 Å². The van der Waals surface area contributed by atoms with Crippen molar-refractivity contribution in [3.05, 3.63) is 64.8 Å². The average molecular weight is 363 g/mol. The molecule has 1 heterocycles. The van der Waals surface area contributed by atoms with Crippen molar-refractivity contribution in [1.82, 2.24) is 10.2 Å². The summed E-state index contributed by atoms with van der Waals surface area (Å²) in [5.41, 5.74) is 0.503. The molecule has 1 atom stereocenters. The van der Waals surface area contributed by atoms with Gasteiger partial charge >= 0.3 is 5.97 Å². The van der Waals surface area contributed by atoms with Gasteiger partial charge in [0.25, 0.3) is 5.89 Å². The predicted octanol–water partition coefficient (Wildman–Crippen LogP) is 4.15. The van der Waals surface area contributed by atoms with Crippen LogP contribution in [-0.2, 0) is 4.74 Å². The number of halogens is 2. The molecule has 0 fully saturated rings. The minimum atomic E-state index is -0.843. The second-order valence-electron chi connectivity index (χ2n) is 5.16. The van der Waals surface area contributed by atoms with E-state index in [0.29, 0.717) is 10.6 Å². The van der Waals surface area contributed by atoms with E-state index in [4.69, 9.17) is 20.8 Å². The summed E-state index contributed by atoms with van der Waals surface area (Å²) in [4.78, 5) is 12.1. The topological polar surface area (TPSA) is 85.5 Å². The van der Waals surface area contributed by atoms with Gasteiger partial charge in [0.15, 0.2) is 6.10 Å². The number of hydrogen-bond donors (Lipinski definition) is 1. The van der Waals surface area contributed by atoms with E-state index in [-0.39, 0.29) is 28.9 Å². The van der Waals surface area contributed by atoms with E-state index in [2.05, 4.69) is 10.2 Å². The number of phenols is 1. The van der Waals surface area contributed by atoms with Gasteiger partial charge < -0.3 is 14.3 Å². The zero-order chi connectivity index (χ0) is 18.0. The maximum Gasteiger partial charge on any atom is 0.342 e. The molecule has 0 aliphatic carbocycles. The number of aromatic nitrogens is 2. The number of hydrogen-bond acceptors (Lipinski definition) is 6. The largest absolute Gasteiger partial charge is 0.507 e. The summed E-state index contributed by atoms with van der Waals surface area (Å²) in [7, 11) is 0. The highest BCUT2D eigenvalue weighted by Gasteiger charge is 2.21. The quantitative estimate of drug-likeness (QED) is 0.701. The van der Waals surface area contributed by atoms with Gasteiger partial charge in [0, 0.05) is 10.6 Å². The minimum absolute atomic E-state index is 0.0328. The Morgan fingerprint density at radius 3 is 2.64 bits per heavy atom. The van der Waals surface area contributed by atoms with Crippen LogP contribution in [0.3, 0.4) is 0 Å². The molecule has 0 aliphatic rings. The van der Waals surface area contributed by atoms with Crippen LogP contribution in [0.4, 0.5) is 4.39 Å². The molecule has 6 nitrogen and oxygen atoms in total. The van der Waals surface area contributed by atoms with Crippen LogP contribution in [0.25, 0.3) is 11.5 Å².